The van der Waals surface area contributed by atoms with Crippen molar-refractivity contribution < 1.29 is 68.2 Å². The van der Waals surface area contributed by atoms with Crippen molar-refractivity contribution in [3.63, 3.8) is 0 Å². The van der Waals surface area contributed by atoms with Gasteiger partial charge in [0.2, 0.25) is 0 Å². The Kier molecular flexibility index (Phi) is 34.2. The first-order valence-corrected chi connectivity index (χ1v) is 24.7. The minimum atomic E-state index is -5.15. The normalized spacial score (nSPS) is 22.9. The van der Waals surface area contributed by atoms with Crippen molar-refractivity contribution in [2.75, 3.05) is 13.2 Å². The van der Waals surface area contributed by atoms with E-state index < -0.39 is 81.8 Å². The van der Waals surface area contributed by atoms with Crippen molar-refractivity contribution in [3.8, 4) is 0 Å². The summed E-state index contributed by atoms with van der Waals surface area (Å²) in [5.74, 6) is -1.20. The van der Waals surface area contributed by atoms with Crippen molar-refractivity contribution in [2.45, 2.75) is 210 Å². The molecule has 1 rings (SSSR count). The van der Waals surface area contributed by atoms with Gasteiger partial charge in [0.1, 0.15) is 43.2 Å². The summed E-state index contributed by atoms with van der Waals surface area (Å²) in [6, 6.07) is 0. The number of carbonyl (C=O) groups is 2. The zero-order valence-corrected chi connectivity index (χ0v) is 38.4. The van der Waals surface area contributed by atoms with E-state index in [4.69, 9.17) is 18.5 Å². The highest BCUT2D eigenvalue weighted by Crippen LogP contribution is 2.47. The average Bonchev–Trinajstić information content (AvgIpc) is 3.25. The first-order chi connectivity index (χ1) is 29.8. The van der Waals surface area contributed by atoms with Gasteiger partial charge in [0, 0.05) is 12.8 Å². The molecule has 9 atom stereocenters. The molecule has 0 radical (unpaired) electrons. The molecule has 7 N–H and O–H groups in total. The third kappa shape index (κ3) is 29.1. The van der Waals surface area contributed by atoms with Crippen molar-refractivity contribution >= 4 is 19.8 Å². The number of ether oxygens (including phenoxy) is 2. The minimum absolute atomic E-state index is 0.00207. The van der Waals surface area contributed by atoms with Gasteiger partial charge in [0.15, 0.2) is 6.10 Å². The molecule has 14 nitrogen and oxygen atoms in total. The van der Waals surface area contributed by atoms with Crippen molar-refractivity contribution in [1.82, 2.24) is 0 Å². The number of aliphatic hydroxyl groups excluding tert-OH is 6. The van der Waals surface area contributed by atoms with Gasteiger partial charge in [-0.25, -0.2) is 4.57 Å². The largest absolute Gasteiger partial charge is 0.472 e. The van der Waals surface area contributed by atoms with Crippen LogP contribution < -0.4 is 0 Å². The standard InChI is InChI=1S/C47H81O14P/c1-3-5-7-8-9-10-11-12-13-14-17-20-23-26-30-34-40(49)58-36-39(37-59-62(56,57)61-47-45(54)43(52)42(51)44(53)46(47)55)60-41(50)35-31-27-24-21-18-15-16-19-22-25-29-33-38(48)32-28-6-4-2/h10-11,15-16,21-22,24-25,29,33,38-39,42-48,51-55H,3-9,12-14,17-20,23,26-28,30-32,34-37H2,1-2H3,(H,56,57)/b11-10-,16-15-,24-21-,25-22-,33-29+/t38-,39+,42?,43-,44+,45+,46+,47?/m0/s1. The molecule has 1 aliphatic carbocycles. The molecule has 1 fully saturated rings. The van der Waals surface area contributed by atoms with E-state index in [1.54, 1.807) is 6.08 Å². The fourth-order valence-corrected chi connectivity index (χ4v) is 7.59. The Labute approximate surface area is 371 Å². The highest BCUT2D eigenvalue weighted by molar-refractivity contribution is 7.47. The number of rotatable bonds is 37. The second-order valence-corrected chi connectivity index (χ2v) is 17.5. The molecule has 3 unspecified atom stereocenters. The minimum Gasteiger partial charge on any atom is -0.462 e. The summed E-state index contributed by atoms with van der Waals surface area (Å²) >= 11 is 0. The molecule has 62 heavy (non-hydrogen) atoms. The van der Waals surface area contributed by atoms with Crippen LogP contribution in [0, 0.1) is 0 Å². The Morgan fingerprint density at radius 1 is 0.581 bits per heavy atom. The molecule has 0 spiro atoms. The van der Waals surface area contributed by atoms with Crippen LogP contribution in [0.5, 0.6) is 0 Å². The lowest BCUT2D eigenvalue weighted by atomic mass is 9.85. The molecule has 0 aromatic rings. The predicted molar refractivity (Wildman–Crippen MR) is 241 cm³/mol. The van der Waals surface area contributed by atoms with Gasteiger partial charge in [0.05, 0.1) is 12.7 Å². The van der Waals surface area contributed by atoms with Crippen molar-refractivity contribution in [2.24, 2.45) is 0 Å². The topological polar surface area (TPSA) is 230 Å². The molecule has 0 saturated heterocycles. The highest BCUT2D eigenvalue weighted by atomic mass is 31.2. The Bertz CT molecular complexity index is 1330. The maximum atomic E-state index is 12.8. The third-order valence-corrected chi connectivity index (χ3v) is 11.4. The van der Waals surface area contributed by atoms with E-state index in [9.17, 15) is 49.7 Å². The monoisotopic (exact) mass is 901 g/mol. The molecule has 358 valence electrons. The average molecular weight is 901 g/mol. The Morgan fingerprint density at radius 2 is 1.08 bits per heavy atom. The lowest BCUT2D eigenvalue weighted by Gasteiger charge is -2.41. The molecule has 0 aliphatic heterocycles. The van der Waals surface area contributed by atoms with Gasteiger partial charge < -0.3 is 45.0 Å². The molecule has 15 heteroatoms. The van der Waals surface area contributed by atoms with Crippen LogP contribution in [0.25, 0.3) is 0 Å². The summed E-state index contributed by atoms with van der Waals surface area (Å²) in [5.41, 5.74) is 0. The summed E-state index contributed by atoms with van der Waals surface area (Å²) in [4.78, 5) is 35.7. The van der Waals surface area contributed by atoms with E-state index in [2.05, 4.69) is 26.0 Å². The molecule has 0 aromatic heterocycles. The van der Waals surface area contributed by atoms with Crippen LogP contribution >= 0.6 is 7.82 Å². The van der Waals surface area contributed by atoms with Gasteiger partial charge in [-0.1, -0.05) is 145 Å². The lowest BCUT2D eigenvalue weighted by Crippen LogP contribution is -2.64. The molecule has 0 aromatic carbocycles. The van der Waals surface area contributed by atoms with Crippen LogP contribution in [0.2, 0.25) is 0 Å². The summed E-state index contributed by atoms with van der Waals surface area (Å²) in [6.45, 7) is 3.10. The van der Waals surface area contributed by atoms with E-state index in [1.807, 2.05) is 42.5 Å². The number of hydrogen-bond acceptors (Lipinski definition) is 13. The zero-order chi connectivity index (χ0) is 45.9. The highest BCUT2D eigenvalue weighted by Gasteiger charge is 2.51. The fourth-order valence-electron chi connectivity index (χ4n) is 6.62. The second kappa shape index (κ2) is 36.8. The number of phosphoric ester groups is 1. The van der Waals surface area contributed by atoms with Crippen LogP contribution in [-0.4, -0.2) is 110 Å². The van der Waals surface area contributed by atoms with Crippen LogP contribution in [0.4, 0.5) is 0 Å². The summed E-state index contributed by atoms with van der Waals surface area (Å²) in [7, 11) is -5.15. The Morgan fingerprint density at radius 3 is 1.73 bits per heavy atom. The van der Waals surface area contributed by atoms with Gasteiger partial charge in [0.25, 0.3) is 0 Å². The number of aliphatic hydroxyl groups is 6. The van der Waals surface area contributed by atoms with E-state index in [0.717, 1.165) is 70.6 Å². The SMILES string of the molecule is CCCCCC/C=C\CCCCCCCCCC(=O)OC[C@H](COP(=O)(O)OC1[C@H](O)[C@H](O)C(O)[C@H](O)[C@H]1O)OC(=O)CCC/C=C\C/C=C\C/C=C\C=C\[C@@H](O)CCCCC. The van der Waals surface area contributed by atoms with Gasteiger partial charge in [-0.3, -0.25) is 18.6 Å². The smallest absolute Gasteiger partial charge is 0.462 e. The lowest BCUT2D eigenvalue weighted by molar-refractivity contribution is -0.220. The molecular formula is C47H81O14P. The molecule has 0 heterocycles. The quantitative estimate of drug-likeness (QED) is 0.0103. The van der Waals surface area contributed by atoms with E-state index >= 15 is 0 Å². The number of unbranched alkanes of at least 4 members (excludes halogenated alkanes) is 14. The van der Waals surface area contributed by atoms with Crippen LogP contribution in [-0.2, 0) is 32.7 Å². The number of phosphoric acid groups is 1. The first-order valence-electron chi connectivity index (χ1n) is 23.2. The van der Waals surface area contributed by atoms with Gasteiger partial charge in [-0.15, -0.1) is 0 Å². The van der Waals surface area contributed by atoms with Crippen LogP contribution in [0.3, 0.4) is 0 Å². The third-order valence-electron chi connectivity index (χ3n) is 10.4. The fraction of sp³-hybridized carbons (Fsp3) is 0.745. The Balaban J connectivity index is 2.53. The Hall–Kier alpha value is -2.49. The molecule has 0 bridgehead atoms. The van der Waals surface area contributed by atoms with Crippen molar-refractivity contribution in [3.05, 3.63) is 60.8 Å². The number of allylic oxidation sites excluding steroid dienone is 9. The van der Waals surface area contributed by atoms with Crippen LogP contribution in [0.1, 0.15) is 162 Å². The predicted octanol–water partition coefficient (Wildman–Crippen LogP) is 7.92. The molecular weight excluding hydrogens is 819 g/mol. The maximum absolute atomic E-state index is 12.8. The number of esters is 2. The summed E-state index contributed by atoms with van der Waals surface area (Å²) in [5, 5.41) is 60.0. The van der Waals surface area contributed by atoms with E-state index in [1.165, 1.54) is 38.5 Å². The van der Waals surface area contributed by atoms with Gasteiger partial charge in [-0.2, -0.15) is 0 Å². The number of hydrogen-bond donors (Lipinski definition) is 7. The summed E-state index contributed by atoms with van der Waals surface area (Å²) < 4.78 is 33.4. The maximum Gasteiger partial charge on any atom is 0.472 e. The summed E-state index contributed by atoms with van der Waals surface area (Å²) in [6.07, 6.45) is 27.4. The molecule has 1 saturated carbocycles. The molecule has 0 amide bonds. The van der Waals surface area contributed by atoms with Gasteiger partial charge in [-0.05, 0) is 64.2 Å². The van der Waals surface area contributed by atoms with Crippen molar-refractivity contribution in [1.29, 1.82) is 0 Å². The second-order valence-electron chi connectivity index (χ2n) is 16.1. The van der Waals surface area contributed by atoms with E-state index in [0.29, 0.717) is 25.7 Å². The van der Waals surface area contributed by atoms with Gasteiger partial charge >= 0.3 is 19.8 Å². The van der Waals surface area contributed by atoms with Crippen LogP contribution in [0.15, 0.2) is 60.8 Å². The first kappa shape index (κ1) is 57.5. The van der Waals surface area contributed by atoms with E-state index in [-0.39, 0.29) is 12.8 Å². The number of carbonyl (C=O) groups excluding carboxylic acids is 2. The zero-order valence-electron chi connectivity index (χ0n) is 37.5. The molecule has 1 aliphatic rings.